The zero-order chi connectivity index (χ0) is 14.7. The minimum Gasteiger partial charge on any atom is -0.378 e. The standard InChI is InChI=1S/C13H19N7O/c1-9-7-10(3-6-21-9)16-12-17-11(14-2)18-13(19-12)20-5-4-15-8-20/h4-5,8-10H,3,6-7H2,1-2H3,(H2,14,16,17,18,19). The van der Waals surface area contributed by atoms with Crippen LogP contribution in [-0.2, 0) is 4.74 Å². The van der Waals surface area contributed by atoms with E-state index >= 15 is 0 Å². The SMILES string of the molecule is CNc1nc(NC2CCOC(C)C2)nc(-n2ccnc2)n1. The smallest absolute Gasteiger partial charge is 0.241 e. The molecule has 8 heteroatoms. The third-order valence-corrected chi connectivity index (χ3v) is 3.40. The summed E-state index contributed by atoms with van der Waals surface area (Å²) in [5.41, 5.74) is 0. The second-order valence-corrected chi connectivity index (χ2v) is 5.05. The van der Waals surface area contributed by atoms with E-state index in [9.17, 15) is 0 Å². The molecule has 1 saturated heterocycles. The van der Waals surface area contributed by atoms with Crippen LogP contribution in [-0.4, -0.2) is 50.3 Å². The van der Waals surface area contributed by atoms with Gasteiger partial charge in [0.2, 0.25) is 17.8 Å². The number of rotatable bonds is 4. The summed E-state index contributed by atoms with van der Waals surface area (Å²) in [4.78, 5) is 17.2. The number of anilines is 2. The number of nitrogens with zero attached hydrogens (tertiary/aromatic N) is 5. The molecule has 0 bridgehead atoms. The van der Waals surface area contributed by atoms with E-state index in [0.29, 0.717) is 23.9 Å². The lowest BCUT2D eigenvalue weighted by molar-refractivity contribution is 0.0231. The highest BCUT2D eigenvalue weighted by Crippen LogP contribution is 2.17. The summed E-state index contributed by atoms with van der Waals surface area (Å²) in [5, 5.41) is 6.33. The molecule has 112 valence electrons. The zero-order valence-electron chi connectivity index (χ0n) is 12.2. The van der Waals surface area contributed by atoms with Gasteiger partial charge in [-0.2, -0.15) is 15.0 Å². The van der Waals surface area contributed by atoms with Crippen molar-refractivity contribution in [2.24, 2.45) is 0 Å². The van der Waals surface area contributed by atoms with Crippen LogP contribution in [0.1, 0.15) is 19.8 Å². The van der Waals surface area contributed by atoms with E-state index in [1.165, 1.54) is 0 Å². The molecule has 1 aliphatic rings. The van der Waals surface area contributed by atoms with Gasteiger partial charge in [0.15, 0.2) is 0 Å². The summed E-state index contributed by atoms with van der Waals surface area (Å²) < 4.78 is 7.31. The Balaban J connectivity index is 1.82. The molecule has 2 aromatic rings. The van der Waals surface area contributed by atoms with Crippen LogP contribution in [0.25, 0.3) is 5.95 Å². The molecule has 2 N–H and O–H groups in total. The second-order valence-electron chi connectivity index (χ2n) is 5.05. The Morgan fingerprint density at radius 3 is 2.86 bits per heavy atom. The fourth-order valence-electron chi connectivity index (χ4n) is 2.35. The van der Waals surface area contributed by atoms with Gasteiger partial charge in [0, 0.05) is 32.1 Å². The molecule has 2 atom stereocenters. The van der Waals surface area contributed by atoms with Crippen LogP contribution in [0.15, 0.2) is 18.7 Å². The van der Waals surface area contributed by atoms with Crippen LogP contribution < -0.4 is 10.6 Å². The number of aromatic nitrogens is 5. The van der Waals surface area contributed by atoms with Crippen molar-refractivity contribution in [3.05, 3.63) is 18.7 Å². The van der Waals surface area contributed by atoms with Gasteiger partial charge in [-0.05, 0) is 19.8 Å². The molecule has 0 spiro atoms. The predicted octanol–water partition coefficient (Wildman–Crippen LogP) is 1.08. The first-order valence-corrected chi connectivity index (χ1v) is 7.05. The predicted molar refractivity (Wildman–Crippen MR) is 78.6 cm³/mol. The maximum Gasteiger partial charge on any atom is 0.241 e. The molecule has 0 aliphatic carbocycles. The average Bonchev–Trinajstić information content (AvgIpc) is 3.01. The Morgan fingerprint density at radius 1 is 1.29 bits per heavy atom. The van der Waals surface area contributed by atoms with Crippen LogP contribution in [0.3, 0.4) is 0 Å². The first-order valence-electron chi connectivity index (χ1n) is 7.05. The first-order chi connectivity index (χ1) is 10.2. The number of hydrogen-bond donors (Lipinski definition) is 2. The molecular formula is C13H19N7O. The summed E-state index contributed by atoms with van der Waals surface area (Å²) in [6, 6.07) is 0.316. The molecule has 0 radical (unpaired) electrons. The summed E-state index contributed by atoms with van der Waals surface area (Å²) in [7, 11) is 1.79. The Bertz CT molecular complexity index is 586. The molecule has 21 heavy (non-hydrogen) atoms. The Kier molecular flexibility index (Phi) is 3.96. The maximum atomic E-state index is 5.56. The van der Waals surface area contributed by atoms with Crippen molar-refractivity contribution in [1.82, 2.24) is 24.5 Å². The van der Waals surface area contributed by atoms with Crippen molar-refractivity contribution in [3.63, 3.8) is 0 Å². The first kappa shape index (κ1) is 13.7. The van der Waals surface area contributed by atoms with Crippen molar-refractivity contribution < 1.29 is 4.74 Å². The van der Waals surface area contributed by atoms with Crippen LogP contribution >= 0.6 is 0 Å². The van der Waals surface area contributed by atoms with Crippen molar-refractivity contribution in [3.8, 4) is 5.95 Å². The van der Waals surface area contributed by atoms with Gasteiger partial charge in [-0.15, -0.1) is 0 Å². The fourth-order valence-corrected chi connectivity index (χ4v) is 2.35. The number of imidazole rings is 1. The van der Waals surface area contributed by atoms with E-state index in [1.807, 2.05) is 0 Å². The van der Waals surface area contributed by atoms with Crippen LogP contribution in [0.5, 0.6) is 0 Å². The zero-order valence-corrected chi connectivity index (χ0v) is 12.2. The molecule has 2 unspecified atom stereocenters. The van der Waals surface area contributed by atoms with E-state index in [0.717, 1.165) is 19.4 Å². The molecule has 8 nitrogen and oxygen atoms in total. The summed E-state index contributed by atoms with van der Waals surface area (Å²) in [5.74, 6) is 1.63. The van der Waals surface area contributed by atoms with Gasteiger partial charge in [0.25, 0.3) is 0 Å². The molecule has 0 aromatic carbocycles. The van der Waals surface area contributed by atoms with Crippen LogP contribution in [0.4, 0.5) is 11.9 Å². The minimum atomic E-state index is 0.259. The summed E-state index contributed by atoms with van der Waals surface area (Å²) in [6.07, 6.45) is 7.31. The van der Waals surface area contributed by atoms with Gasteiger partial charge in [0.05, 0.1) is 6.10 Å². The molecule has 0 amide bonds. The Hall–Kier alpha value is -2.22. The molecule has 1 fully saturated rings. The van der Waals surface area contributed by atoms with Crippen LogP contribution in [0, 0.1) is 0 Å². The molecule has 2 aromatic heterocycles. The molecule has 3 rings (SSSR count). The quantitative estimate of drug-likeness (QED) is 0.870. The summed E-state index contributed by atoms with van der Waals surface area (Å²) in [6.45, 7) is 2.84. The highest BCUT2D eigenvalue weighted by Gasteiger charge is 2.20. The normalized spacial score (nSPS) is 22.0. The molecular weight excluding hydrogens is 270 g/mol. The van der Waals surface area contributed by atoms with Gasteiger partial charge >= 0.3 is 0 Å². The van der Waals surface area contributed by atoms with Crippen LogP contribution in [0.2, 0.25) is 0 Å². The van der Waals surface area contributed by atoms with E-state index < -0.39 is 0 Å². The summed E-state index contributed by atoms with van der Waals surface area (Å²) >= 11 is 0. The minimum absolute atomic E-state index is 0.259. The van der Waals surface area contributed by atoms with E-state index in [-0.39, 0.29) is 6.10 Å². The van der Waals surface area contributed by atoms with E-state index in [2.05, 4.69) is 37.5 Å². The second kappa shape index (κ2) is 6.04. The highest BCUT2D eigenvalue weighted by molar-refractivity contribution is 5.38. The Morgan fingerprint density at radius 2 is 2.14 bits per heavy atom. The van der Waals surface area contributed by atoms with Crippen molar-refractivity contribution in [2.75, 3.05) is 24.3 Å². The number of ether oxygens (including phenoxy) is 1. The third-order valence-electron chi connectivity index (χ3n) is 3.40. The average molecular weight is 289 g/mol. The van der Waals surface area contributed by atoms with E-state index in [1.54, 1.807) is 30.3 Å². The highest BCUT2D eigenvalue weighted by atomic mass is 16.5. The lowest BCUT2D eigenvalue weighted by atomic mass is 10.0. The van der Waals surface area contributed by atoms with E-state index in [4.69, 9.17) is 4.74 Å². The largest absolute Gasteiger partial charge is 0.378 e. The van der Waals surface area contributed by atoms with Crippen molar-refractivity contribution in [1.29, 1.82) is 0 Å². The monoisotopic (exact) mass is 289 g/mol. The Labute approximate surface area is 123 Å². The molecule has 1 aliphatic heterocycles. The van der Waals surface area contributed by atoms with Crippen molar-refractivity contribution in [2.45, 2.75) is 31.9 Å². The lowest BCUT2D eigenvalue weighted by Gasteiger charge is -2.27. The maximum absolute atomic E-state index is 5.56. The third kappa shape index (κ3) is 3.27. The molecule has 3 heterocycles. The lowest BCUT2D eigenvalue weighted by Crippen LogP contribution is -2.33. The fraction of sp³-hybridized carbons (Fsp3) is 0.538. The number of hydrogen-bond acceptors (Lipinski definition) is 7. The van der Waals surface area contributed by atoms with Gasteiger partial charge in [-0.1, -0.05) is 0 Å². The van der Waals surface area contributed by atoms with Gasteiger partial charge in [0.1, 0.15) is 6.33 Å². The van der Waals surface area contributed by atoms with Crippen molar-refractivity contribution >= 4 is 11.9 Å². The van der Waals surface area contributed by atoms with Gasteiger partial charge in [-0.25, -0.2) is 4.98 Å². The van der Waals surface area contributed by atoms with Gasteiger partial charge in [-0.3, -0.25) is 4.57 Å². The number of nitrogens with one attached hydrogen (secondary N) is 2. The molecule has 0 saturated carbocycles. The topological polar surface area (TPSA) is 89.8 Å². The van der Waals surface area contributed by atoms with Gasteiger partial charge < -0.3 is 15.4 Å².